The minimum Gasteiger partial charge on any atom is -0.423 e. The first-order valence-electron chi connectivity index (χ1n) is 4.25. The molecule has 4 nitrogen and oxygen atoms in total. The van der Waals surface area contributed by atoms with Crippen molar-refractivity contribution in [2.24, 2.45) is 0 Å². The average Bonchev–Trinajstić information content (AvgIpc) is 2.48. The third kappa shape index (κ3) is 1.30. The van der Waals surface area contributed by atoms with E-state index in [1.807, 2.05) is 11.9 Å². The van der Waals surface area contributed by atoms with Crippen LogP contribution in [0.2, 0.25) is 0 Å². The molecule has 68 valence electrons. The Bertz CT molecular complexity index is 330. The van der Waals surface area contributed by atoms with Crippen LogP contribution in [-0.2, 0) is 6.42 Å². The van der Waals surface area contributed by atoms with Gasteiger partial charge in [0.1, 0.15) is 5.82 Å². The SMILES string of the molecule is CN1CCc2c(B(O)O)ccnc21. The van der Waals surface area contributed by atoms with Crippen LogP contribution in [-0.4, -0.2) is 35.7 Å². The van der Waals surface area contributed by atoms with Crippen LogP contribution < -0.4 is 10.4 Å². The molecular formula is C8H11BN2O2. The Morgan fingerprint density at radius 3 is 3.00 bits per heavy atom. The Labute approximate surface area is 77.0 Å². The number of hydrogen-bond acceptors (Lipinski definition) is 4. The van der Waals surface area contributed by atoms with Crippen molar-refractivity contribution in [1.82, 2.24) is 4.98 Å². The highest BCUT2D eigenvalue weighted by atomic mass is 16.4. The maximum absolute atomic E-state index is 9.08. The van der Waals surface area contributed by atoms with Crippen molar-refractivity contribution in [3.63, 3.8) is 0 Å². The molecule has 0 atom stereocenters. The minimum atomic E-state index is -1.39. The lowest BCUT2D eigenvalue weighted by molar-refractivity contribution is 0.425. The molecule has 1 aromatic rings. The fourth-order valence-electron chi connectivity index (χ4n) is 1.71. The van der Waals surface area contributed by atoms with Crippen molar-refractivity contribution in [3.05, 3.63) is 17.8 Å². The predicted molar refractivity (Wildman–Crippen MR) is 51.0 cm³/mol. The topological polar surface area (TPSA) is 56.6 Å². The zero-order valence-corrected chi connectivity index (χ0v) is 7.44. The van der Waals surface area contributed by atoms with Gasteiger partial charge in [0, 0.05) is 19.8 Å². The molecule has 0 amide bonds. The largest absolute Gasteiger partial charge is 0.488 e. The van der Waals surface area contributed by atoms with Crippen molar-refractivity contribution >= 4 is 18.4 Å². The van der Waals surface area contributed by atoms with Crippen molar-refractivity contribution in [3.8, 4) is 0 Å². The molecule has 1 aliphatic heterocycles. The number of aromatic nitrogens is 1. The lowest BCUT2D eigenvalue weighted by Gasteiger charge is -2.11. The molecule has 0 radical (unpaired) electrons. The zero-order chi connectivity index (χ0) is 9.42. The van der Waals surface area contributed by atoms with Crippen molar-refractivity contribution in [2.75, 3.05) is 18.5 Å². The highest BCUT2D eigenvalue weighted by Crippen LogP contribution is 2.21. The summed E-state index contributed by atoms with van der Waals surface area (Å²) in [5, 5.41) is 18.2. The van der Waals surface area contributed by atoms with Gasteiger partial charge in [0.15, 0.2) is 0 Å². The van der Waals surface area contributed by atoms with Crippen molar-refractivity contribution in [1.29, 1.82) is 0 Å². The highest BCUT2D eigenvalue weighted by molar-refractivity contribution is 6.59. The number of nitrogens with zero attached hydrogens (tertiary/aromatic N) is 2. The number of hydrogen-bond donors (Lipinski definition) is 2. The predicted octanol–water partition coefficient (Wildman–Crippen LogP) is -1.25. The van der Waals surface area contributed by atoms with E-state index in [1.165, 1.54) is 0 Å². The van der Waals surface area contributed by atoms with Gasteiger partial charge in [-0.2, -0.15) is 0 Å². The Kier molecular flexibility index (Phi) is 1.98. The Hall–Kier alpha value is -1.07. The molecule has 1 aliphatic rings. The maximum Gasteiger partial charge on any atom is 0.488 e. The van der Waals surface area contributed by atoms with Crippen LogP contribution in [0, 0.1) is 0 Å². The monoisotopic (exact) mass is 178 g/mol. The van der Waals surface area contributed by atoms with E-state index in [-0.39, 0.29) is 0 Å². The van der Waals surface area contributed by atoms with E-state index < -0.39 is 7.12 Å². The van der Waals surface area contributed by atoms with Crippen LogP contribution in [0.5, 0.6) is 0 Å². The molecule has 0 saturated heterocycles. The highest BCUT2D eigenvalue weighted by Gasteiger charge is 2.24. The molecule has 0 bridgehead atoms. The van der Waals surface area contributed by atoms with E-state index in [4.69, 9.17) is 10.0 Å². The molecular weight excluding hydrogens is 167 g/mol. The van der Waals surface area contributed by atoms with Gasteiger partial charge in [0.25, 0.3) is 0 Å². The van der Waals surface area contributed by atoms with Crippen LogP contribution in [0.4, 0.5) is 5.82 Å². The summed E-state index contributed by atoms with van der Waals surface area (Å²) in [7, 11) is 0.565. The van der Waals surface area contributed by atoms with Crippen molar-refractivity contribution < 1.29 is 10.0 Å². The molecule has 2 rings (SSSR count). The van der Waals surface area contributed by atoms with Gasteiger partial charge in [-0.3, -0.25) is 0 Å². The molecule has 5 heteroatoms. The Morgan fingerprint density at radius 2 is 2.31 bits per heavy atom. The second-order valence-electron chi connectivity index (χ2n) is 3.25. The Balaban J connectivity index is 2.51. The van der Waals surface area contributed by atoms with E-state index in [9.17, 15) is 0 Å². The van der Waals surface area contributed by atoms with Crippen LogP contribution in [0.1, 0.15) is 5.56 Å². The van der Waals surface area contributed by atoms with Gasteiger partial charge < -0.3 is 14.9 Å². The second-order valence-corrected chi connectivity index (χ2v) is 3.25. The molecule has 0 unspecified atom stereocenters. The van der Waals surface area contributed by atoms with Gasteiger partial charge in [0.2, 0.25) is 0 Å². The zero-order valence-electron chi connectivity index (χ0n) is 7.44. The van der Waals surface area contributed by atoms with E-state index in [0.717, 1.165) is 24.3 Å². The smallest absolute Gasteiger partial charge is 0.423 e. The van der Waals surface area contributed by atoms with Crippen LogP contribution in [0.25, 0.3) is 0 Å². The number of anilines is 1. The first-order chi connectivity index (χ1) is 6.20. The molecule has 13 heavy (non-hydrogen) atoms. The molecule has 0 aromatic carbocycles. The quantitative estimate of drug-likeness (QED) is 0.527. The van der Waals surface area contributed by atoms with Gasteiger partial charge in [-0.1, -0.05) is 0 Å². The summed E-state index contributed by atoms with van der Waals surface area (Å²) in [6, 6.07) is 1.66. The second kappa shape index (κ2) is 3.01. The Morgan fingerprint density at radius 1 is 1.54 bits per heavy atom. The summed E-state index contributed by atoms with van der Waals surface area (Å²) >= 11 is 0. The first-order valence-corrected chi connectivity index (χ1v) is 4.25. The van der Waals surface area contributed by atoms with Crippen LogP contribution in [0.3, 0.4) is 0 Å². The summed E-state index contributed by atoms with van der Waals surface area (Å²) in [6.45, 7) is 0.895. The molecule has 0 spiro atoms. The van der Waals surface area contributed by atoms with E-state index in [2.05, 4.69) is 4.98 Å². The van der Waals surface area contributed by atoms with Gasteiger partial charge in [-0.25, -0.2) is 4.98 Å². The molecule has 0 saturated carbocycles. The summed E-state index contributed by atoms with van der Waals surface area (Å²) in [4.78, 5) is 6.20. The number of fused-ring (bicyclic) bond motifs is 1. The maximum atomic E-state index is 9.08. The molecule has 2 heterocycles. The van der Waals surface area contributed by atoms with E-state index >= 15 is 0 Å². The summed E-state index contributed by atoms with van der Waals surface area (Å²) in [5.74, 6) is 0.866. The number of rotatable bonds is 1. The molecule has 1 aromatic heterocycles. The fraction of sp³-hybridized carbons (Fsp3) is 0.375. The van der Waals surface area contributed by atoms with E-state index in [0.29, 0.717) is 5.46 Å². The standard InChI is InChI=1S/C8H11BN2O2/c1-11-5-3-6-7(9(12)13)2-4-10-8(6)11/h2,4,12-13H,3,5H2,1H3. The summed E-state index contributed by atoms with van der Waals surface area (Å²) in [5.41, 5.74) is 1.54. The molecule has 0 aliphatic carbocycles. The number of likely N-dealkylation sites (N-methyl/N-ethyl adjacent to an activating group) is 1. The fourth-order valence-corrected chi connectivity index (χ4v) is 1.71. The normalized spacial score (nSPS) is 14.5. The summed E-state index contributed by atoms with van der Waals surface area (Å²) in [6.07, 6.45) is 2.45. The average molecular weight is 178 g/mol. The van der Waals surface area contributed by atoms with Gasteiger partial charge >= 0.3 is 7.12 Å². The van der Waals surface area contributed by atoms with Gasteiger partial charge in [-0.15, -0.1) is 0 Å². The van der Waals surface area contributed by atoms with Crippen molar-refractivity contribution in [2.45, 2.75) is 6.42 Å². The van der Waals surface area contributed by atoms with Gasteiger partial charge in [-0.05, 0) is 23.5 Å². The van der Waals surface area contributed by atoms with Crippen LogP contribution >= 0.6 is 0 Å². The number of pyridine rings is 1. The third-order valence-electron chi connectivity index (χ3n) is 2.41. The molecule has 2 N–H and O–H groups in total. The first kappa shape index (κ1) is 8.53. The lowest BCUT2D eigenvalue weighted by atomic mass is 9.77. The summed E-state index contributed by atoms with van der Waals surface area (Å²) < 4.78 is 0. The lowest BCUT2D eigenvalue weighted by Crippen LogP contribution is -2.32. The van der Waals surface area contributed by atoms with E-state index in [1.54, 1.807) is 12.3 Å². The minimum absolute atomic E-state index is 0.578. The van der Waals surface area contributed by atoms with Gasteiger partial charge in [0.05, 0.1) is 0 Å². The van der Waals surface area contributed by atoms with Crippen LogP contribution in [0.15, 0.2) is 12.3 Å². The third-order valence-corrected chi connectivity index (χ3v) is 2.41. The molecule has 0 fully saturated rings.